The molecule has 0 bridgehead atoms. The Balaban J connectivity index is 2.31. The van der Waals surface area contributed by atoms with Gasteiger partial charge in [0.25, 0.3) is 5.69 Å². The lowest BCUT2D eigenvalue weighted by Gasteiger charge is -2.37. The molecule has 4 heteroatoms. The molecule has 17 heavy (non-hydrogen) atoms. The van der Waals surface area contributed by atoms with Crippen molar-refractivity contribution in [1.82, 2.24) is 0 Å². The molecule has 1 aliphatic heterocycles. The minimum Gasteiger partial charge on any atom is -0.487 e. The number of nitrogens with zero attached hydrogens (tertiary/aromatic N) is 1. The Morgan fingerprint density at radius 1 is 1.41 bits per heavy atom. The van der Waals surface area contributed by atoms with Gasteiger partial charge >= 0.3 is 0 Å². The fourth-order valence-corrected chi connectivity index (χ4v) is 2.37. The zero-order chi connectivity index (χ0) is 12.5. The maximum Gasteiger partial charge on any atom is 0.269 e. The van der Waals surface area contributed by atoms with Gasteiger partial charge in [0.15, 0.2) is 0 Å². The third kappa shape index (κ3) is 2.12. The van der Waals surface area contributed by atoms with Gasteiger partial charge in [-0.1, -0.05) is 13.8 Å². The third-order valence-electron chi connectivity index (χ3n) is 3.72. The summed E-state index contributed by atoms with van der Waals surface area (Å²) in [6, 6.07) is 4.87. The number of nitro benzene ring substituents is 1. The molecular formula is C13H17NO3. The van der Waals surface area contributed by atoms with Gasteiger partial charge in [-0.2, -0.15) is 0 Å². The number of ether oxygens (including phenoxy) is 1. The van der Waals surface area contributed by atoms with Gasteiger partial charge in [0, 0.05) is 17.7 Å². The molecule has 0 unspecified atom stereocenters. The Kier molecular flexibility index (Phi) is 3.05. The number of nitro groups is 1. The molecule has 92 valence electrons. The van der Waals surface area contributed by atoms with E-state index in [-0.39, 0.29) is 16.2 Å². The van der Waals surface area contributed by atoms with Gasteiger partial charge in [-0.15, -0.1) is 0 Å². The molecule has 2 rings (SSSR count). The molecule has 0 fully saturated rings. The van der Waals surface area contributed by atoms with Crippen LogP contribution in [0.4, 0.5) is 5.69 Å². The molecule has 1 aliphatic rings. The fraction of sp³-hybridized carbons (Fsp3) is 0.538. The van der Waals surface area contributed by atoms with Gasteiger partial charge in [0.05, 0.1) is 4.92 Å². The maximum absolute atomic E-state index is 10.7. The van der Waals surface area contributed by atoms with Crippen LogP contribution in [0.2, 0.25) is 0 Å². The van der Waals surface area contributed by atoms with E-state index in [1.807, 2.05) is 0 Å². The Bertz CT molecular complexity index is 438. The summed E-state index contributed by atoms with van der Waals surface area (Å²) in [7, 11) is 0. The second-order valence-electron chi connectivity index (χ2n) is 4.54. The van der Waals surface area contributed by atoms with E-state index in [4.69, 9.17) is 4.74 Å². The summed E-state index contributed by atoms with van der Waals surface area (Å²) in [6.07, 6.45) is 3.74. The van der Waals surface area contributed by atoms with Crippen LogP contribution in [0.15, 0.2) is 18.2 Å². The Hall–Kier alpha value is -1.58. The first-order valence-electron chi connectivity index (χ1n) is 6.06. The molecule has 0 atom stereocenters. The standard InChI is InChI=1S/C13H17NO3/c1-3-13(4-2)8-7-10-9-11(14(15)16)5-6-12(10)17-13/h5-6,9H,3-4,7-8H2,1-2H3. The monoisotopic (exact) mass is 235 g/mol. The van der Waals surface area contributed by atoms with Crippen molar-refractivity contribution < 1.29 is 9.66 Å². The van der Waals surface area contributed by atoms with Crippen molar-refractivity contribution in [2.24, 2.45) is 0 Å². The van der Waals surface area contributed by atoms with Crippen molar-refractivity contribution in [3.8, 4) is 5.75 Å². The molecular weight excluding hydrogens is 218 g/mol. The molecule has 1 heterocycles. The number of benzene rings is 1. The van der Waals surface area contributed by atoms with E-state index in [2.05, 4.69) is 13.8 Å². The van der Waals surface area contributed by atoms with E-state index >= 15 is 0 Å². The van der Waals surface area contributed by atoms with Crippen LogP contribution >= 0.6 is 0 Å². The van der Waals surface area contributed by atoms with Gasteiger partial charge in [0.2, 0.25) is 0 Å². The lowest BCUT2D eigenvalue weighted by Crippen LogP contribution is -2.38. The molecule has 0 radical (unpaired) electrons. The zero-order valence-electron chi connectivity index (χ0n) is 10.2. The minimum atomic E-state index is -0.359. The molecule has 4 nitrogen and oxygen atoms in total. The number of aryl methyl sites for hydroxylation is 1. The van der Waals surface area contributed by atoms with Crippen molar-refractivity contribution in [3.05, 3.63) is 33.9 Å². The summed E-state index contributed by atoms with van der Waals surface area (Å²) >= 11 is 0. The van der Waals surface area contributed by atoms with Crippen molar-refractivity contribution in [1.29, 1.82) is 0 Å². The van der Waals surface area contributed by atoms with Gasteiger partial charge in [-0.3, -0.25) is 10.1 Å². The van der Waals surface area contributed by atoms with Crippen molar-refractivity contribution in [2.45, 2.75) is 45.1 Å². The molecule has 0 saturated heterocycles. The van der Waals surface area contributed by atoms with Gasteiger partial charge in [-0.25, -0.2) is 0 Å². The van der Waals surface area contributed by atoms with Crippen LogP contribution in [0.3, 0.4) is 0 Å². The highest BCUT2D eigenvalue weighted by molar-refractivity contribution is 5.45. The van der Waals surface area contributed by atoms with Crippen LogP contribution in [0.1, 0.15) is 38.7 Å². The first kappa shape index (κ1) is 11.9. The Labute approximate surface area is 101 Å². The Morgan fingerprint density at radius 2 is 2.12 bits per heavy atom. The fourth-order valence-electron chi connectivity index (χ4n) is 2.37. The molecule has 0 spiro atoms. The van der Waals surface area contributed by atoms with Gasteiger partial charge < -0.3 is 4.74 Å². The van der Waals surface area contributed by atoms with Crippen molar-refractivity contribution >= 4 is 5.69 Å². The van der Waals surface area contributed by atoms with E-state index in [0.29, 0.717) is 0 Å². The summed E-state index contributed by atoms with van der Waals surface area (Å²) in [5.74, 6) is 0.811. The number of non-ortho nitro benzene ring substituents is 1. The minimum absolute atomic E-state index is 0.0802. The van der Waals surface area contributed by atoms with Crippen LogP contribution in [0, 0.1) is 10.1 Å². The summed E-state index contributed by atoms with van der Waals surface area (Å²) in [5, 5.41) is 10.7. The van der Waals surface area contributed by atoms with Crippen LogP contribution in [0.25, 0.3) is 0 Å². The summed E-state index contributed by atoms with van der Waals surface area (Å²) in [6.45, 7) is 4.25. The highest BCUT2D eigenvalue weighted by Gasteiger charge is 2.33. The number of fused-ring (bicyclic) bond motifs is 1. The molecule has 0 aliphatic carbocycles. The number of hydrogen-bond acceptors (Lipinski definition) is 3. The first-order chi connectivity index (χ1) is 8.10. The van der Waals surface area contributed by atoms with Crippen molar-refractivity contribution in [2.75, 3.05) is 0 Å². The van der Waals surface area contributed by atoms with Crippen molar-refractivity contribution in [3.63, 3.8) is 0 Å². The summed E-state index contributed by atoms with van der Waals surface area (Å²) < 4.78 is 6.03. The largest absolute Gasteiger partial charge is 0.487 e. The molecule has 1 aromatic rings. The lowest BCUT2D eigenvalue weighted by atomic mass is 9.86. The predicted octanol–water partition coefficient (Wildman–Crippen LogP) is 3.48. The molecule has 0 N–H and O–H groups in total. The quantitative estimate of drug-likeness (QED) is 0.595. The average molecular weight is 235 g/mol. The normalized spacial score (nSPS) is 17.1. The van der Waals surface area contributed by atoms with E-state index in [1.165, 1.54) is 6.07 Å². The number of rotatable bonds is 3. The highest BCUT2D eigenvalue weighted by atomic mass is 16.6. The summed E-state index contributed by atoms with van der Waals surface area (Å²) in [4.78, 5) is 10.3. The maximum atomic E-state index is 10.7. The Morgan fingerprint density at radius 3 is 2.71 bits per heavy atom. The lowest BCUT2D eigenvalue weighted by molar-refractivity contribution is -0.385. The third-order valence-corrected chi connectivity index (χ3v) is 3.72. The predicted molar refractivity (Wildman–Crippen MR) is 65.4 cm³/mol. The zero-order valence-corrected chi connectivity index (χ0v) is 10.2. The van der Waals surface area contributed by atoms with Crippen LogP contribution in [0.5, 0.6) is 5.75 Å². The van der Waals surface area contributed by atoms with Crippen LogP contribution in [-0.2, 0) is 6.42 Å². The first-order valence-corrected chi connectivity index (χ1v) is 6.06. The van der Waals surface area contributed by atoms with Gasteiger partial charge in [0.1, 0.15) is 11.4 Å². The average Bonchev–Trinajstić information content (AvgIpc) is 2.37. The molecule has 0 saturated carbocycles. The smallest absolute Gasteiger partial charge is 0.269 e. The van der Waals surface area contributed by atoms with Crippen LogP contribution in [-0.4, -0.2) is 10.5 Å². The van der Waals surface area contributed by atoms with Crippen LogP contribution < -0.4 is 4.74 Å². The highest BCUT2D eigenvalue weighted by Crippen LogP contribution is 2.38. The van der Waals surface area contributed by atoms with E-state index in [0.717, 1.165) is 37.0 Å². The summed E-state index contributed by atoms with van der Waals surface area (Å²) in [5.41, 5.74) is 1.02. The molecule has 0 amide bonds. The topological polar surface area (TPSA) is 52.4 Å². The molecule has 1 aromatic carbocycles. The van der Waals surface area contributed by atoms with Gasteiger partial charge in [-0.05, 0) is 31.7 Å². The molecule has 0 aromatic heterocycles. The SMILES string of the molecule is CCC1(CC)CCc2cc([N+](=O)[O-])ccc2O1. The number of hydrogen-bond donors (Lipinski definition) is 0. The van der Waals surface area contributed by atoms with E-state index in [1.54, 1.807) is 12.1 Å². The van der Waals surface area contributed by atoms with E-state index in [9.17, 15) is 10.1 Å². The van der Waals surface area contributed by atoms with E-state index < -0.39 is 0 Å². The second-order valence-corrected chi connectivity index (χ2v) is 4.54. The second kappa shape index (κ2) is 4.35.